The number of hydrogen-bond acceptors (Lipinski definition) is 0. The molecule has 0 heterocycles. The Balaban J connectivity index is 2.55. The van der Waals surface area contributed by atoms with Crippen LogP contribution >= 0.6 is 0 Å². The summed E-state index contributed by atoms with van der Waals surface area (Å²) in [4.78, 5) is 0. The first kappa shape index (κ1) is 13.2. The molecule has 0 aliphatic rings. The molecule has 0 aliphatic heterocycles. The summed E-state index contributed by atoms with van der Waals surface area (Å²) in [5, 5.41) is 0. The van der Waals surface area contributed by atoms with Gasteiger partial charge in [0.2, 0.25) is 0 Å². The third kappa shape index (κ3) is 2.63. The summed E-state index contributed by atoms with van der Waals surface area (Å²) in [6, 6.07) is 6.59. The Morgan fingerprint density at radius 2 is 1.53 bits per heavy atom. The van der Waals surface area contributed by atoms with Gasteiger partial charge in [-0.15, -0.1) is 5.92 Å². The fourth-order valence-electron chi connectivity index (χ4n) is 1.77. The molecule has 96 valence electrons. The van der Waals surface area contributed by atoms with E-state index < -0.39 is 17.5 Å². The lowest BCUT2D eigenvalue weighted by Crippen LogP contribution is -1.93. The predicted molar refractivity (Wildman–Crippen MR) is 69.0 cm³/mol. The van der Waals surface area contributed by atoms with Crippen molar-refractivity contribution in [3.8, 4) is 23.0 Å². The second-order valence-corrected chi connectivity index (χ2v) is 4.13. The SMILES string of the molecule is CC#Cc1ccc(-c2cc(F)c(C)c(F)c2)c(F)c1. The molecule has 2 aromatic rings. The largest absolute Gasteiger partial charge is 0.207 e. The van der Waals surface area contributed by atoms with Gasteiger partial charge in [-0.1, -0.05) is 12.0 Å². The van der Waals surface area contributed by atoms with Gasteiger partial charge in [0.1, 0.15) is 17.5 Å². The lowest BCUT2D eigenvalue weighted by Gasteiger charge is -2.07. The molecule has 0 aromatic heterocycles. The zero-order chi connectivity index (χ0) is 14.0. The third-order valence-corrected chi connectivity index (χ3v) is 2.83. The molecule has 0 atom stereocenters. The Bertz CT molecular complexity index is 668. The molecule has 2 rings (SSSR count). The maximum atomic E-state index is 13.9. The third-order valence-electron chi connectivity index (χ3n) is 2.83. The van der Waals surface area contributed by atoms with Crippen molar-refractivity contribution in [3.63, 3.8) is 0 Å². The lowest BCUT2D eigenvalue weighted by atomic mass is 10.0. The van der Waals surface area contributed by atoms with E-state index in [1.165, 1.54) is 19.1 Å². The number of benzene rings is 2. The molecule has 2 aromatic carbocycles. The normalized spacial score (nSPS) is 9.95. The van der Waals surface area contributed by atoms with Gasteiger partial charge in [-0.3, -0.25) is 0 Å². The first-order valence-corrected chi connectivity index (χ1v) is 5.71. The molecule has 0 spiro atoms. The number of halogens is 3. The average molecular weight is 260 g/mol. The molecule has 0 amide bonds. The molecular formula is C16H11F3. The standard InChI is InChI=1S/C16H11F3/c1-3-4-11-5-6-13(16(19)7-11)12-8-14(17)10(2)15(18)9-12/h5-9H,1-2H3. The van der Waals surface area contributed by atoms with Crippen LogP contribution in [0.15, 0.2) is 30.3 Å². The molecule has 19 heavy (non-hydrogen) atoms. The van der Waals surface area contributed by atoms with Gasteiger partial charge in [0.15, 0.2) is 0 Å². The molecule has 0 unspecified atom stereocenters. The van der Waals surface area contributed by atoms with Gasteiger partial charge >= 0.3 is 0 Å². The van der Waals surface area contributed by atoms with E-state index in [4.69, 9.17) is 0 Å². The average Bonchev–Trinajstić information content (AvgIpc) is 2.36. The number of hydrogen-bond donors (Lipinski definition) is 0. The smallest absolute Gasteiger partial charge is 0.132 e. The van der Waals surface area contributed by atoms with Gasteiger partial charge in [-0.2, -0.15) is 0 Å². The topological polar surface area (TPSA) is 0 Å². The minimum absolute atomic E-state index is 0.0716. The molecule has 0 nitrogen and oxygen atoms in total. The Kier molecular flexibility index (Phi) is 3.62. The molecule has 0 saturated heterocycles. The summed E-state index contributed by atoms with van der Waals surface area (Å²) in [7, 11) is 0. The first-order chi connectivity index (χ1) is 9.02. The van der Waals surface area contributed by atoms with E-state index in [0.717, 1.165) is 12.1 Å². The van der Waals surface area contributed by atoms with Gasteiger partial charge < -0.3 is 0 Å². The predicted octanol–water partition coefficient (Wildman–Crippen LogP) is 4.45. The zero-order valence-electron chi connectivity index (χ0n) is 10.5. The van der Waals surface area contributed by atoms with Gasteiger partial charge in [-0.25, -0.2) is 13.2 Å². The van der Waals surface area contributed by atoms with Crippen molar-refractivity contribution >= 4 is 0 Å². The molecule has 0 fully saturated rings. The van der Waals surface area contributed by atoms with E-state index in [-0.39, 0.29) is 16.7 Å². The summed E-state index contributed by atoms with van der Waals surface area (Å²) in [5.41, 5.74) is 0.781. The van der Waals surface area contributed by atoms with Crippen molar-refractivity contribution in [2.75, 3.05) is 0 Å². The summed E-state index contributed by atoms with van der Waals surface area (Å²) in [5.74, 6) is 3.45. The van der Waals surface area contributed by atoms with Crippen LogP contribution < -0.4 is 0 Å². The van der Waals surface area contributed by atoms with Crippen LogP contribution in [-0.4, -0.2) is 0 Å². The highest BCUT2D eigenvalue weighted by molar-refractivity contribution is 5.66. The molecule has 3 heteroatoms. The second kappa shape index (κ2) is 5.19. The minimum Gasteiger partial charge on any atom is -0.207 e. The molecule has 0 radical (unpaired) electrons. The Morgan fingerprint density at radius 3 is 2.05 bits per heavy atom. The van der Waals surface area contributed by atoms with Crippen LogP contribution in [0.5, 0.6) is 0 Å². The van der Waals surface area contributed by atoms with Crippen molar-refractivity contribution in [2.45, 2.75) is 13.8 Å². The highest BCUT2D eigenvalue weighted by atomic mass is 19.1. The van der Waals surface area contributed by atoms with Gasteiger partial charge in [0.25, 0.3) is 0 Å². The molecular weight excluding hydrogens is 249 g/mol. The van der Waals surface area contributed by atoms with E-state index in [0.29, 0.717) is 5.56 Å². The summed E-state index contributed by atoms with van der Waals surface area (Å²) < 4.78 is 40.9. The van der Waals surface area contributed by atoms with Gasteiger partial charge in [0, 0.05) is 16.7 Å². The highest BCUT2D eigenvalue weighted by Crippen LogP contribution is 2.26. The van der Waals surface area contributed by atoms with E-state index in [2.05, 4.69) is 11.8 Å². The maximum absolute atomic E-state index is 13.9. The molecule has 0 saturated carbocycles. The van der Waals surface area contributed by atoms with Crippen LogP contribution in [0.4, 0.5) is 13.2 Å². The van der Waals surface area contributed by atoms with E-state index >= 15 is 0 Å². The van der Waals surface area contributed by atoms with Crippen LogP contribution in [0.3, 0.4) is 0 Å². The Morgan fingerprint density at radius 1 is 0.895 bits per heavy atom. The van der Waals surface area contributed by atoms with E-state index in [9.17, 15) is 13.2 Å². The van der Waals surface area contributed by atoms with Gasteiger partial charge in [-0.05, 0) is 43.7 Å². The van der Waals surface area contributed by atoms with Crippen molar-refractivity contribution in [3.05, 3.63) is 58.9 Å². The lowest BCUT2D eigenvalue weighted by molar-refractivity contribution is 0.568. The van der Waals surface area contributed by atoms with Crippen LogP contribution in [0.25, 0.3) is 11.1 Å². The van der Waals surface area contributed by atoms with Gasteiger partial charge in [0.05, 0.1) is 0 Å². The van der Waals surface area contributed by atoms with Crippen LogP contribution in [0, 0.1) is 36.2 Å². The molecule has 0 N–H and O–H groups in total. The summed E-state index contributed by atoms with van der Waals surface area (Å²) in [6.07, 6.45) is 0. The van der Waals surface area contributed by atoms with Crippen molar-refractivity contribution in [1.29, 1.82) is 0 Å². The molecule has 0 bridgehead atoms. The van der Waals surface area contributed by atoms with Crippen LogP contribution in [-0.2, 0) is 0 Å². The van der Waals surface area contributed by atoms with Crippen LogP contribution in [0.2, 0.25) is 0 Å². The summed E-state index contributed by atoms with van der Waals surface area (Å²) >= 11 is 0. The quantitative estimate of drug-likeness (QED) is 0.664. The zero-order valence-corrected chi connectivity index (χ0v) is 10.5. The molecule has 0 aliphatic carbocycles. The first-order valence-electron chi connectivity index (χ1n) is 5.71. The second-order valence-electron chi connectivity index (χ2n) is 4.13. The van der Waals surface area contributed by atoms with Crippen molar-refractivity contribution in [2.24, 2.45) is 0 Å². The van der Waals surface area contributed by atoms with Crippen molar-refractivity contribution in [1.82, 2.24) is 0 Å². The van der Waals surface area contributed by atoms with Crippen molar-refractivity contribution < 1.29 is 13.2 Å². The maximum Gasteiger partial charge on any atom is 0.132 e. The fraction of sp³-hybridized carbons (Fsp3) is 0.125. The monoisotopic (exact) mass is 260 g/mol. The Hall–Kier alpha value is -2.21. The van der Waals surface area contributed by atoms with E-state index in [1.807, 2.05) is 0 Å². The Labute approximate surface area is 109 Å². The number of rotatable bonds is 1. The minimum atomic E-state index is -0.688. The van der Waals surface area contributed by atoms with Crippen LogP contribution in [0.1, 0.15) is 18.1 Å². The highest BCUT2D eigenvalue weighted by Gasteiger charge is 2.11. The summed E-state index contributed by atoms with van der Waals surface area (Å²) in [6.45, 7) is 2.99. The van der Waals surface area contributed by atoms with E-state index in [1.54, 1.807) is 13.0 Å². The fourth-order valence-corrected chi connectivity index (χ4v) is 1.77.